The van der Waals surface area contributed by atoms with Gasteiger partial charge >= 0.3 is 0 Å². The summed E-state index contributed by atoms with van der Waals surface area (Å²) in [7, 11) is 0. The smallest absolute Gasteiger partial charge is 0.267 e. The lowest BCUT2D eigenvalue weighted by molar-refractivity contribution is -0.112. The highest BCUT2D eigenvalue weighted by Crippen LogP contribution is 2.16. The van der Waals surface area contributed by atoms with E-state index in [4.69, 9.17) is 16.9 Å². The summed E-state index contributed by atoms with van der Waals surface area (Å²) in [5.74, 6) is -0.459. The van der Waals surface area contributed by atoms with E-state index >= 15 is 0 Å². The van der Waals surface area contributed by atoms with E-state index in [1.54, 1.807) is 24.3 Å². The van der Waals surface area contributed by atoms with E-state index in [0.717, 1.165) is 0 Å². The van der Waals surface area contributed by atoms with Gasteiger partial charge in [-0.3, -0.25) is 4.79 Å². The molecule has 0 fully saturated rings. The molecule has 22 heavy (non-hydrogen) atoms. The molecule has 0 aromatic heterocycles. The second-order valence-corrected chi connectivity index (χ2v) is 4.76. The van der Waals surface area contributed by atoms with Gasteiger partial charge in [-0.1, -0.05) is 17.7 Å². The van der Waals surface area contributed by atoms with Gasteiger partial charge in [0.25, 0.3) is 5.91 Å². The van der Waals surface area contributed by atoms with Crippen molar-refractivity contribution in [1.29, 1.82) is 5.26 Å². The third-order valence-electron chi connectivity index (χ3n) is 2.70. The number of phenolic OH excluding ortho intramolecular Hbond substituents is 1. The number of nitrogens with zero attached hydrogens (tertiary/aromatic N) is 1. The monoisotopic (exact) mass is 313 g/mol. The number of carbonyl (C=O) groups is 1. The van der Waals surface area contributed by atoms with Gasteiger partial charge in [0.1, 0.15) is 17.4 Å². The van der Waals surface area contributed by atoms with Crippen LogP contribution < -0.4 is 10.6 Å². The largest absolute Gasteiger partial charge is 0.508 e. The number of aromatic hydroxyl groups is 1. The number of anilines is 2. The number of hydrogen-bond donors (Lipinski definition) is 3. The summed E-state index contributed by atoms with van der Waals surface area (Å²) in [6, 6.07) is 14.7. The molecule has 0 saturated heterocycles. The number of amides is 1. The second kappa shape index (κ2) is 7.16. The molecule has 0 aliphatic rings. The molecule has 0 aliphatic heterocycles. The molecule has 0 heterocycles. The van der Waals surface area contributed by atoms with Crippen LogP contribution in [0, 0.1) is 11.3 Å². The zero-order valence-electron chi connectivity index (χ0n) is 11.4. The van der Waals surface area contributed by atoms with E-state index in [1.165, 1.54) is 30.5 Å². The summed E-state index contributed by atoms with van der Waals surface area (Å²) in [6.07, 6.45) is 1.31. The van der Waals surface area contributed by atoms with Crippen LogP contribution in [0.5, 0.6) is 5.75 Å². The highest BCUT2D eigenvalue weighted by Gasteiger charge is 2.09. The molecule has 0 aliphatic carbocycles. The number of nitrogens with one attached hydrogen (secondary N) is 2. The topological polar surface area (TPSA) is 85.2 Å². The van der Waals surface area contributed by atoms with Crippen molar-refractivity contribution in [3.05, 3.63) is 65.3 Å². The molecule has 0 atom stereocenters. The second-order valence-electron chi connectivity index (χ2n) is 4.33. The van der Waals surface area contributed by atoms with Crippen molar-refractivity contribution in [2.24, 2.45) is 0 Å². The van der Waals surface area contributed by atoms with Crippen molar-refractivity contribution >= 4 is 28.9 Å². The molecule has 110 valence electrons. The summed E-state index contributed by atoms with van der Waals surface area (Å²) in [5.41, 5.74) is 1.05. The van der Waals surface area contributed by atoms with Gasteiger partial charge in [-0.05, 0) is 42.5 Å². The standard InChI is InChI=1S/C16H12ClN3O2/c17-12-2-1-3-14(8-12)19-10-11(9-18)16(22)20-13-4-6-15(21)7-5-13/h1-8,10,19,21H,(H,20,22)/b11-10-. The van der Waals surface area contributed by atoms with Crippen LogP contribution in [-0.2, 0) is 4.79 Å². The van der Waals surface area contributed by atoms with Crippen molar-refractivity contribution in [2.75, 3.05) is 10.6 Å². The SMILES string of the molecule is N#C/C(=C/Nc1cccc(Cl)c1)C(=O)Nc1ccc(O)cc1. The third kappa shape index (κ3) is 4.27. The maximum atomic E-state index is 12.0. The van der Waals surface area contributed by atoms with Crippen LogP contribution in [0.4, 0.5) is 11.4 Å². The van der Waals surface area contributed by atoms with Crippen molar-refractivity contribution in [1.82, 2.24) is 0 Å². The summed E-state index contributed by atoms with van der Waals surface area (Å²) < 4.78 is 0. The van der Waals surface area contributed by atoms with Gasteiger partial charge in [0.2, 0.25) is 0 Å². The Balaban J connectivity index is 2.07. The molecule has 2 aromatic carbocycles. The predicted octanol–water partition coefficient (Wildman–Crippen LogP) is 3.50. The number of halogens is 1. The van der Waals surface area contributed by atoms with Gasteiger partial charge in [0.15, 0.2) is 0 Å². The van der Waals surface area contributed by atoms with Gasteiger partial charge in [0.05, 0.1) is 0 Å². The number of phenols is 1. The highest BCUT2D eigenvalue weighted by atomic mass is 35.5. The van der Waals surface area contributed by atoms with E-state index < -0.39 is 5.91 Å². The number of benzene rings is 2. The van der Waals surface area contributed by atoms with Crippen molar-refractivity contribution in [3.8, 4) is 11.8 Å². The van der Waals surface area contributed by atoms with Crippen molar-refractivity contribution in [2.45, 2.75) is 0 Å². The van der Waals surface area contributed by atoms with Gasteiger partial charge in [-0.15, -0.1) is 0 Å². The molecular weight excluding hydrogens is 302 g/mol. The van der Waals surface area contributed by atoms with Crippen molar-refractivity contribution < 1.29 is 9.90 Å². The fourth-order valence-electron chi connectivity index (χ4n) is 1.63. The van der Waals surface area contributed by atoms with E-state index in [0.29, 0.717) is 16.4 Å². The lowest BCUT2D eigenvalue weighted by atomic mass is 10.2. The lowest BCUT2D eigenvalue weighted by Gasteiger charge is -2.05. The Morgan fingerprint density at radius 2 is 1.91 bits per heavy atom. The van der Waals surface area contributed by atoms with Crippen molar-refractivity contribution in [3.63, 3.8) is 0 Å². The molecule has 2 rings (SSSR count). The molecule has 6 heteroatoms. The lowest BCUT2D eigenvalue weighted by Crippen LogP contribution is -2.14. The summed E-state index contributed by atoms with van der Waals surface area (Å²) >= 11 is 5.85. The van der Waals surface area contributed by atoms with Crippen LogP contribution in [0.25, 0.3) is 0 Å². The minimum atomic E-state index is -0.553. The van der Waals surface area contributed by atoms with Crippen LogP contribution >= 0.6 is 11.6 Å². The highest BCUT2D eigenvalue weighted by molar-refractivity contribution is 6.30. The van der Waals surface area contributed by atoms with Crippen LogP contribution in [0.15, 0.2) is 60.3 Å². The molecule has 0 bridgehead atoms. The van der Waals surface area contributed by atoms with Gasteiger partial charge in [-0.25, -0.2) is 0 Å². The number of hydrogen-bond acceptors (Lipinski definition) is 4. The summed E-state index contributed by atoms with van der Waals surface area (Å²) in [4.78, 5) is 12.0. The fraction of sp³-hybridized carbons (Fsp3) is 0. The number of rotatable bonds is 4. The van der Waals surface area contributed by atoms with Gasteiger partial charge in [-0.2, -0.15) is 5.26 Å². The normalized spacial score (nSPS) is 10.6. The maximum Gasteiger partial charge on any atom is 0.267 e. The zero-order valence-corrected chi connectivity index (χ0v) is 12.1. The average molecular weight is 314 g/mol. The fourth-order valence-corrected chi connectivity index (χ4v) is 1.82. The Kier molecular flexibility index (Phi) is 5.02. The van der Waals surface area contributed by atoms with Crippen LogP contribution in [0.1, 0.15) is 0 Å². The predicted molar refractivity (Wildman–Crippen MR) is 85.5 cm³/mol. The van der Waals surface area contributed by atoms with Gasteiger partial charge in [0, 0.05) is 22.6 Å². The molecule has 0 unspecified atom stereocenters. The molecule has 0 radical (unpaired) electrons. The first kappa shape index (κ1) is 15.4. The molecule has 5 nitrogen and oxygen atoms in total. The molecule has 0 spiro atoms. The Bertz CT molecular complexity index is 749. The first-order chi connectivity index (χ1) is 10.6. The Morgan fingerprint density at radius 1 is 1.18 bits per heavy atom. The van der Waals surface area contributed by atoms with E-state index in [2.05, 4.69) is 10.6 Å². The summed E-state index contributed by atoms with van der Waals surface area (Å²) in [5, 5.41) is 24.2. The Morgan fingerprint density at radius 3 is 2.55 bits per heavy atom. The van der Waals surface area contributed by atoms with Crippen LogP contribution in [0.3, 0.4) is 0 Å². The minimum Gasteiger partial charge on any atom is -0.508 e. The molecule has 0 saturated carbocycles. The molecule has 2 aromatic rings. The maximum absolute atomic E-state index is 12.0. The number of nitriles is 1. The van der Waals surface area contributed by atoms with Crippen LogP contribution in [-0.4, -0.2) is 11.0 Å². The minimum absolute atomic E-state index is 0.0898. The Hall–Kier alpha value is -2.97. The average Bonchev–Trinajstić information content (AvgIpc) is 2.50. The first-order valence-corrected chi connectivity index (χ1v) is 6.69. The Labute approximate surface area is 132 Å². The molecule has 1 amide bonds. The third-order valence-corrected chi connectivity index (χ3v) is 2.93. The molecular formula is C16H12ClN3O2. The summed E-state index contributed by atoms with van der Waals surface area (Å²) in [6.45, 7) is 0. The van der Waals surface area contributed by atoms with Crippen LogP contribution in [0.2, 0.25) is 5.02 Å². The van der Waals surface area contributed by atoms with E-state index in [1.807, 2.05) is 6.07 Å². The first-order valence-electron chi connectivity index (χ1n) is 6.31. The van der Waals surface area contributed by atoms with Gasteiger partial charge < -0.3 is 15.7 Å². The quantitative estimate of drug-likeness (QED) is 0.458. The van der Waals surface area contributed by atoms with E-state index in [-0.39, 0.29) is 11.3 Å². The zero-order chi connectivity index (χ0) is 15.9. The van der Waals surface area contributed by atoms with E-state index in [9.17, 15) is 9.90 Å². The number of carbonyl (C=O) groups excluding carboxylic acids is 1. The molecule has 3 N–H and O–H groups in total.